The first-order chi connectivity index (χ1) is 15.0. The van der Waals surface area contributed by atoms with Crippen LogP contribution in [0.1, 0.15) is 28.5 Å². The van der Waals surface area contributed by atoms with Crippen molar-refractivity contribution in [2.24, 2.45) is 5.10 Å². The largest absolute Gasteiger partial charge is 0.291 e. The van der Waals surface area contributed by atoms with Gasteiger partial charge in [-0.2, -0.15) is 10.2 Å². The van der Waals surface area contributed by atoms with Crippen LogP contribution in [0.3, 0.4) is 0 Å². The quantitative estimate of drug-likeness (QED) is 0.291. The fraction of sp³-hybridized carbons (Fsp3) is 0.0870. The van der Waals surface area contributed by atoms with Gasteiger partial charge in [-0.15, -0.1) is 0 Å². The minimum Gasteiger partial charge on any atom is -0.268 e. The molecule has 0 bridgehead atoms. The van der Waals surface area contributed by atoms with Crippen LogP contribution < -0.4 is 5.43 Å². The number of nitrogens with one attached hydrogen (secondary N) is 1. The molecule has 0 saturated carbocycles. The van der Waals surface area contributed by atoms with E-state index in [2.05, 4.69) is 15.6 Å². The second-order valence-corrected chi connectivity index (χ2v) is 7.02. The van der Waals surface area contributed by atoms with Crippen LogP contribution in [0.5, 0.6) is 0 Å². The van der Waals surface area contributed by atoms with Crippen LogP contribution in [-0.4, -0.2) is 26.3 Å². The van der Waals surface area contributed by atoms with Gasteiger partial charge in [0.15, 0.2) is 5.69 Å². The Morgan fingerprint density at radius 2 is 1.81 bits per heavy atom. The molecule has 1 heterocycles. The van der Waals surface area contributed by atoms with Crippen molar-refractivity contribution in [1.82, 2.24) is 15.2 Å². The summed E-state index contributed by atoms with van der Waals surface area (Å²) in [6.45, 7) is 2.22. The molecule has 0 saturated heterocycles. The number of hydrogen-bond acceptors (Lipinski definition) is 5. The van der Waals surface area contributed by atoms with Crippen LogP contribution in [0.15, 0.2) is 84.1 Å². The molecule has 0 atom stereocenters. The summed E-state index contributed by atoms with van der Waals surface area (Å²) in [4.78, 5) is 22.7. The number of hydrazone groups is 1. The molecular weight excluding hydrogens is 394 g/mol. The fourth-order valence-corrected chi connectivity index (χ4v) is 3.15. The molecule has 0 aliphatic rings. The van der Waals surface area contributed by atoms with E-state index in [1.54, 1.807) is 29.1 Å². The van der Waals surface area contributed by atoms with Gasteiger partial charge in [-0.25, -0.2) is 5.43 Å². The molecule has 1 aromatic heterocycles. The van der Waals surface area contributed by atoms with Crippen LogP contribution in [0.2, 0.25) is 0 Å². The van der Waals surface area contributed by atoms with Crippen LogP contribution in [0, 0.1) is 10.1 Å². The van der Waals surface area contributed by atoms with Crippen molar-refractivity contribution in [3.63, 3.8) is 0 Å². The van der Waals surface area contributed by atoms with Crippen LogP contribution >= 0.6 is 0 Å². The van der Waals surface area contributed by atoms with E-state index in [9.17, 15) is 14.9 Å². The predicted molar refractivity (Wildman–Crippen MR) is 118 cm³/mol. The molecule has 0 unspecified atom stereocenters. The van der Waals surface area contributed by atoms with E-state index in [0.29, 0.717) is 12.3 Å². The van der Waals surface area contributed by atoms with Crippen LogP contribution in [-0.2, 0) is 6.54 Å². The van der Waals surface area contributed by atoms with Crippen molar-refractivity contribution in [2.75, 3.05) is 0 Å². The maximum Gasteiger partial charge on any atom is 0.291 e. The van der Waals surface area contributed by atoms with Crippen molar-refractivity contribution in [3.05, 3.63) is 106 Å². The molecule has 8 nitrogen and oxygen atoms in total. The molecule has 4 aromatic rings. The second kappa shape index (κ2) is 8.58. The van der Waals surface area contributed by atoms with Gasteiger partial charge in [0.25, 0.3) is 11.6 Å². The molecule has 4 rings (SSSR count). The first-order valence-corrected chi connectivity index (χ1v) is 9.60. The van der Waals surface area contributed by atoms with Gasteiger partial charge in [0, 0.05) is 18.3 Å². The Kier molecular flexibility index (Phi) is 5.53. The Labute approximate surface area is 178 Å². The third-order valence-electron chi connectivity index (χ3n) is 4.86. The summed E-state index contributed by atoms with van der Waals surface area (Å²) in [6.07, 6.45) is 1.68. The summed E-state index contributed by atoms with van der Waals surface area (Å²) < 4.78 is 1.59. The molecule has 0 spiro atoms. The first kappa shape index (κ1) is 20.0. The Balaban J connectivity index is 1.41. The highest BCUT2D eigenvalue weighted by Crippen LogP contribution is 2.16. The molecule has 154 valence electrons. The Bertz CT molecular complexity index is 1290. The third kappa shape index (κ3) is 4.64. The summed E-state index contributed by atoms with van der Waals surface area (Å²) in [5.41, 5.74) is 5.25. The standard InChI is InChI=1S/C23H19N5O3/c1-16(19-9-8-18-4-2-3-5-20(18)14-19)24-25-23(29)22-12-13-27(26-22)15-17-6-10-21(11-7-17)28(30)31/h2-14H,15H2,1H3,(H,25,29)/b24-16+. The minimum atomic E-state index is -0.444. The van der Waals surface area contributed by atoms with Gasteiger partial charge in [0.05, 0.1) is 17.2 Å². The minimum absolute atomic E-state index is 0.0314. The molecule has 0 radical (unpaired) electrons. The molecular formula is C23H19N5O3. The van der Waals surface area contributed by atoms with E-state index in [1.165, 1.54) is 12.1 Å². The summed E-state index contributed by atoms with van der Waals surface area (Å²) in [5, 5.41) is 21.4. The first-order valence-electron chi connectivity index (χ1n) is 9.60. The van der Waals surface area contributed by atoms with Crippen molar-refractivity contribution >= 4 is 28.1 Å². The number of non-ortho nitro benzene ring substituents is 1. The normalized spacial score (nSPS) is 11.5. The highest BCUT2D eigenvalue weighted by Gasteiger charge is 2.10. The monoisotopic (exact) mass is 413 g/mol. The maximum atomic E-state index is 12.4. The summed E-state index contributed by atoms with van der Waals surface area (Å²) in [5.74, 6) is -0.414. The molecule has 0 fully saturated rings. The van der Waals surface area contributed by atoms with Crippen molar-refractivity contribution in [3.8, 4) is 0 Å². The molecule has 31 heavy (non-hydrogen) atoms. The number of carbonyl (C=O) groups is 1. The Hall–Kier alpha value is -4.33. The SMILES string of the molecule is C/C(=N\NC(=O)c1ccn(Cc2ccc([N+](=O)[O-])cc2)n1)c1ccc2ccccc2c1. The third-order valence-corrected chi connectivity index (χ3v) is 4.86. The molecule has 8 heteroatoms. The fourth-order valence-electron chi connectivity index (χ4n) is 3.15. The maximum absolute atomic E-state index is 12.4. The number of rotatable bonds is 6. The number of nitrogens with zero attached hydrogens (tertiary/aromatic N) is 4. The topological polar surface area (TPSA) is 102 Å². The van der Waals surface area contributed by atoms with Gasteiger partial charge >= 0.3 is 0 Å². The van der Waals surface area contributed by atoms with E-state index < -0.39 is 10.8 Å². The summed E-state index contributed by atoms with van der Waals surface area (Å²) >= 11 is 0. The second-order valence-electron chi connectivity index (χ2n) is 7.02. The van der Waals surface area contributed by atoms with Gasteiger partial charge in [0.2, 0.25) is 0 Å². The molecule has 1 amide bonds. The number of benzene rings is 3. The zero-order valence-electron chi connectivity index (χ0n) is 16.7. The summed E-state index contributed by atoms with van der Waals surface area (Å²) in [7, 11) is 0. The predicted octanol–water partition coefficient (Wildman–Crippen LogP) is 4.15. The van der Waals surface area contributed by atoms with E-state index in [0.717, 1.165) is 21.9 Å². The number of nitro groups is 1. The Morgan fingerprint density at radius 1 is 1.06 bits per heavy atom. The van der Waals surface area contributed by atoms with E-state index >= 15 is 0 Å². The zero-order chi connectivity index (χ0) is 21.8. The van der Waals surface area contributed by atoms with Crippen molar-refractivity contribution in [2.45, 2.75) is 13.5 Å². The van der Waals surface area contributed by atoms with Crippen LogP contribution in [0.25, 0.3) is 10.8 Å². The number of hydrogen-bond donors (Lipinski definition) is 1. The number of fused-ring (bicyclic) bond motifs is 1. The van der Waals surface area contributed by atoms with E-state index in [-0.39, 0.29) is 11.4 Å². The van der Waals surface area contributed by atoms with Gasteiger partial charge in [-0.05, 0) is 41.0 Å². The number of amides is 1. The van der Waals surface area contributed by atoms with E-state index in [1.807, 2.05) is 49.4 Å². The van der Waals surface area contributed by atoms with Gasteiger partial charge in [-0.1, -0.05) is 48.5 Å². The van der Waals surface area contributed by atoms with Crippen molar-refractivity contribution < 1.29 is 9.72 Å². The number of nitro benzene ring substituents is 1. The average molecular weight is 413 g/mol. The number of aromatic nitrogens is 2. The zero-order valence-corrected chi connectivity index (χ0v) is 16.7. The van der Waals surface area contributed by atoms with Crippen LogP contribution in [0.4, 0.5) is 5.69 Å². The average Bonchev–Trinajstić information content (AvgIpc) is 3.26. The van der Waals surface area contributed by atoms with E-state index in [4.69, 9.17) is 0 Å². The number of carbonyl (C=O) groups excluding carboxylic acids is 1. The van der Waals surface area contributed by atoms with Gasteiger partial charge in [0.1, 0.15) is 0 Å². The smallest absolute Gasteiger partial charge is 0.268 e. The highest BCUT2D eigenvalue weighted by atomic mass is 16.6. The lowest BCUT2D eigenvalue weighted by Crippen LogP contribution is -2.20. The van der Waals surface area contributed by atoms with Crippen molar-refractivity contribution in [1.29, 1.82) is 0 Å². The highest BCUT2D eigenvalue weighted by molar-refractivity contribution is 6.03. The summed E-state index contributed by atoms with van der Waals surface area (Å²) in [6, 6.07) is 21.9. The van der Waals surface area contributed by atoms with Gasteiger partial charge < -0.3 is 0 Å². The molecule has 0 aliphatic carbocycles. The lowest BCUT2D eigenvalue weighted by Gasteiger charge is -2.04. The molecule has 0 aliphatic heterocycles. The lowest BCUT2D eigenvalue weighted by molar-refractivity contribution is -0.384. The van der Waals surface area contributed by atoms with Gasteiger partial charge in [-0.3, -0.25) is 19.6 Å². The Morgan fingerprint density at radius 3 is 2.55 bits per heavy atom. The molecule has 1 N–H and O–H groups in total. The lowest BCUT2D eigenvalue weighted by atomic mass is 10.0. The molecule has 3 aromatic carbocycles.